The lowest BCUT2D eigenvalue weighted by Crippen LogP contribution is -2.25. The van der Waals surface area contributed by atoms with Crippen LogP contribution in [-0.2, 0) is 6.18 Å². The molecule has 1 heterocycles. The van der Waals surface area contributed by atoms with Gasteiger partial charge in [0.1, 0.15) is 0 Å². The molecule has 3 rings (SSSR count). The van der Waals surface area contributed by atoms with Crippen LogP contribution in [0.15, 0.2) is 53.5 Å². The van der Waals surface area contributed by atoms with E-state index in [9.17, 15) is 23.3 Å². The van der Waals surface area contributed by atoms with E-state index in [0.717, 1.165) is 18.6 Å². The lowest BCUT2D eigenvalue weighted by atomic mass is 10.1. The number of thioether (sulfide) groups is 1. The fourth-order valence-corrected chi connectivity index (χ4v) is 3.81. The molecular formula is C18H16F3N3O2S. The summed E-state index contributed by atoms with van der Waals surface area (Å²) in [7, 11) is 0. The quantitative estimate of drug-likeness (QED) is 0.497. The second-order valence-electron chi connectivity index (χ2n) is 5.97. The number of anilines is 1. The molecule has 1 unspecified atom stereocenters. The fourth-order valence-electron chi connectivity index (χ4n) is 2.66. The van der Waals surface area contributed by atoms with Gasteiger partial charge in [0.2, 0.25) is 0 Å². The van der Waals surface area contributed by atoms with Gasteiger partial charge in [-0.2, -0.15) is 13.2 Å². The third kappa shape index (κ3) is 4.41. The molecule has 1 aliphatic rings. The average molecular weight is 395 g/mol. The zero-order chi connectivity index (χ0) is 19.6. The van der Waals surface area contributed by atoms with Crippen molar-refractivity contribution in [1.29, 1.82) is 0 Å². The van der Waals surface area contributed by atoms with Gasteiger partial charge in [0.05, 0.1) is 16.2 Å². The van der Waals surface area contributed by atoms with Crippen LogP contribution in [0, 0.1) is 10.1 Å². The first kappa shape index (κ1) is 19.2. The Bertz CT molecular complexity index is 869. The zero-order valence-electron chi connectivity index (χ0n) is 14.3. The van der Waals surface area contributed by atoms with E-state index < -0.39 is 16.7 Å². The minimum Gasteiger partial charge on any atom is -0.320 e. The molecule has 2 aromatic rings. The highest BCUT2D eigenvalue weighted by Crippen LogP contribution is 2.37. The molecule has 0 aromatic heterocycles. The number of aliphatic imine (C=N–C) groups is 1. The minimum atomic E-state index is -4.41. The summed E-state index contributed by atoms with van der Waals surface area (Å²) in [5.74, 6) is 0. The number of nitrogens with zero attached hydrogens (tertiary/aromatic N) is 3. The standard InChI is InChI=1S/C18H16F3N3O2S/c1-2-16-11-23(15-5-3-4-12(10-15)18(19,20)21)17(27-16)22-13-6-8-14(9-7-13)24(25)26/h3-10,16H,2,11H2,1H3. The number of nitro groups is 1. The summed E-state index contributed by atoms with van der Waals surface area (Å²) in [6, 6.07) is 10.9. The predicted octanol–water partition coefficient (Wildman–Crippen LogP) is 5.63. The van der Waals surface area contributed by atoms with E-state index in [-0.39, 0.29) is 10.9 Å². The summed E-state index contributed by atoms with van der Waals surface area (Å²) < 4.78 is 39.1. The number of benzene rings is 2. The Labute approximate surface area is 158 Å². The van der Waals surface area contributed by atoms with Crippen molar-refractivity contribution in [3.05, 3.63) is 64.2 Å². The Kier molecular flexibility index (Phi) is 5.41. The van der Waals surface area contributed by atoms with E-state index in [4.69, 9.17) is 0 Å². The molecule has 0 saturated carbocycles. The average Bonchev–Trinajstić information content (AvgIpc) is 3.04. The van der Waals surface area contributed by atoms with Gasteiger partial charge in [0.25, 0.3) is 5.69 Å². The van der Waals surface area contributed by atoms with Crippen LogP contribution in [0.5, 0.6) is 0 Å². The molecule has 0 N–H and O–H groups in total. The van der Waals surface area contributed by atoms with Crippen LogP contribution < -0.4 is 4.90 Å². The molecule has 9 heteroatoms. The van der Waals surface area contributed by atoms with Gasteiger partial charge < -0.3 is 4.90 Å². The molecule has 0 radical (unpaired) electrons. The minimum absolute atomic E-state index is 0.0424. The summed E-state index contributed by atoms with van der Waals surface area (Å²) in [5, 5.41) is 11.5. The molecule has 0 amide bonds. The summed E-state index contributed by atoms with van der Waals surface area (Å²) in [6.45, 7) is 2.56. The van der Waals surface area contributed by atoms with Crippen molar-refractivity contribution in [3.63, 3.8) is 0 Å². The number of hydrogen-bond acceptors (Lipinski definition) is 4. The van der Waals surface area contributed by atoms with Crippen molar-refractivity contribution in [2.75, 3.05) is 11.4 Å². The second kappa shape index (κ2) is 7.59. The topological polar surface area (TPSA) is 58.7 Å². The Morgan fingerprint density at radius 2 is 1.96 bits per heavy atom. The SMILES string of the molecule is CCC1CN(c2cccc(C(F)(F)F)c2)C(=Nc2ccc([N+](=O)[O-])cc2)S1. The van der Waals surface area contributed by atoms with Crippen molar-refractivity contribution < 1.29 is 18.1 Å². The highest BCUT2D eigenvalue weighted by molar-refractivity contribution is 8.15. The zero-order valence-corrected chi connectivity index (χ0v) is 15.1. The van der Waals surface area contributed by atoms with Gasteiger partial charge in [0, 0.05) is 29.6 Å². The summed E-state index contributed by atoms with van der Waals surface area (Å²) >= 11 is 1.49. The number of amidine groups is 1. The maximum absolute atomic E-state index is 13.0. The molecule has 142 valence electrons. The molecule has 1 aliphatic heterocycles. The van der Waals surface area contributed by atoms with Gasteiger partial charge in [0.15, 0.2) is 5.17 Å². The lowest BCUT2D eigenvalue weighted by molar-refractivity contribution is -0.384. The fraction of sp³-hybridized carbons (Fsp3) is 0.278. The Morgan fingerprint density at radius 1 is 1.26 bits per heavy atom. The smallest absolute Gasteiger partial charge is 0.320 e. The van der Waals surface area contributed by atoms with E-state index in [0.29, 0.717) is 23.1 Å². The van der Waals surface area contributed by atoms with Crippen LogP contribution in [0.3, 0.4) is 0 Å². The monoisotopic (exact) mass is 395 g/mol. The highest BCUT2D eigenvalue weighted by atomic mass is 32.2. The molecule has 1 saturated heterocycles. The number of alkyl halides is 3. The van der Waals surface area contributed by atoms with Gasteiger partial charge in [-0.05, 0) is 36.8 Å². The van der Waals surface area contributed by atoms with Gasteiger partial charge in [-0.15, -0.1) is 0 Å². The third-order valence-electron chi connectivity index (χ3n) is 4.11. The number of rotatable bonds is 4. The van der Waals surface area contributed by atoms with E-state index in [1.54, 1.807) is 11.0 Å². The Balaban J connectivity index is 1.94. The first-order valence-electron chi connectivity index (χ1n) is 8.22. The van der Waals surface area contributed by atoms with Gasteiger partial charge in [-0.3, -0.25) is 10.1 Å². The van der Waals surface area contributed by atoms with E-state index >= 15 is 0 Å². The largest absolute Gasteiger partial charge is 0.416 e. The molecule has 0 bridgehead atoms. The van der Waals surface area contributed by atoms with Crippen LogP contribution in [0.1, 0.15) is 18.9 Å². The molecule has 5 nitrogen and oxygen atoms in total. The van der Waals surface area contributed by atoms with Crippen molar-refractivity contribution in [3.8, 4) is 0 Å². The number of non-ortho nitro benzene ring substituents is 1. The van der Waals surface area contributed by atoms with Crippen molar-refractivity contribution in [2.45, 2.75) is 24.8 Å². The third-order valence-corrected chi connectivity index (χ3v) is 5.45. The first-order valence-corrected chi connectivity index (χ1v) is 9.10. The van der Waals surface area contributed by atoms with Crippen LogP contribution in [0.2, 0.25) is 0 Å². The molecule has 0 spiro atoms. The summed E-state index contributed by atoms with van der Waals surface area (Å²) in [4.78, 5) is 16.5. The molecule has 0 aliphatic carbocycles. The number of nitro benzene ring substituents is 1. The highest BCUT2D eigenvalue weighted by Gasteiger charge is 2.33. The molecular weight excluding hydrogens is 379 g/mol. The van der Waals surface area contributed by atoms with Crippen molar-refractivity contribution >= 4 is 34.0 Å². The first-order chi connectivity index (χ1) is 12.8. The second-order valence-corrected chi connectivity index (χ2v) is 7.24. The number of halogens is 3. The van der Waals surface area contributed by atoms with E-state index in [1.165, 1.54) is 42.1 Å². The van der Waals surface area contributed by atoms with Crippen LogP contribution in [0.4, 0.5) is 30.2 Å². The number of hydrogen-bond donors (Lipinski definition) is 0. The Morgan fingerprint density at radius 3 is 2.56 bits per heavy atom. The van der Waals surface area contributed by atoms with Gasteiger partial charge in [-0.1, -0.05) is 24.8 Å². The molecule has 27 heavy (non-hydrogen) atoms. The van der Waals surface area contributed by atoms with Gasteiger partial charge in [-0.25, -0.2) is 4.99 Å². The Hall–Kier alpha value is -2.55. The van der Waals surface area contributed by atoms with Crippen molar-refractivity contribution in [1.82, 2.24) is 0 Å². The maximum Gasteiger partial charge on any atom is 0.416 e. The van der Waals surface area contributed by atoms with Gasteiger partial charge >= 0.3 is 6.18 Å². The van der Waals surface area contributed by atoms with Crippen LogP contribution in [-0.4, -0.2) is 21.9 Å². The van der Waals surface area contributed by atoms with E-state index in [2.05, 4.69) is 4.99 Å². The van der Waals surface area contributed by atoms with Crippen LogP contribution in [0.25, 0.3) is 0 Å². The lowest BCUT2D eigenvalue weighted by Gasteiger charge is -2.20. The summed E-state index contributed by atoms with van der Waals surface area (Å²) in [6.07, 6.45) is -3.57. The van der Waals surface area contributed by atoms with Crippen LogP contribution >= 0.6 is 11.8 Å². The molecule has 1 atom stereocenters. The predicted molar refractivity (Wildman–Crippen MR) is 101 cm³/mol. The van der Waals surface area contributed by atoms with Crippen molar-refractivity contribution in [2.24, 2.45) is 4.99 Å². The van der Waals surface area contributed by atoms with E-state index in [1.807, 2.05) is 6.92 Å². The molecule has 1 fully saturated rings. The summed E-state index contributed by atoms with van der Waals surface area (Å²) in [5.41, 5.74) is 0.185. The maximum atomic E-state index is 13.0. The normalized spacial score (nSPS) is 18.9. The molecule has 2 aromatic carbocycles.